The lowest BCUT2D eigenvalue weighted by Crippen LogP contribution is -2.48. The van der Waals surface area contributed by atoms with Gasteiger partial charge in [-0.3, -0.25) is 4.72 Å². The topological polar surface area (TPSA) is 61.4 Å². The van der Waals surface area contributed by atoms with Crippen LogP contribution in [0.15, 0.2) is 18.2 Å². The SMILES string of the molecule is O=S(=O)(Nc1cc(F)cc(Cl)c1)N1CCNCC1. The van der Waals surface area contributed by atoms with E-state index in [1.807, 2.05) is 0 Å². The standard InChI is InChI=1S/C10H13ClFN3O2S/c11-8-5-9(12)7-10(6-8)14-18(16,17)15-3-1-13-2-4-15/h5-7,13-14H,1-4H2. The minimum Gasteiger partial charge on any atom is -0.314 e. The fourth-order valence-electron chi connectivity index (χ4n) is 1.71. The second kappa shape index (κ2) is 5.40. The first-order valence-electron chi connectivity index (χ1n) is 5.42. The first-order valence-corrected chi connectivity index (χ1v) is 7.24. The molecule has 0 aromatic heterocycles. The number of hydrogen-bond donors (Lipinski definition) is 2. The van der Waals surface area contributed by atoms with Gasteiger partial charge in [-0.1, -0.05) is 11.6 Å². The highest BCUT2D eigenvalue weighted by Gasteiger charge is 2.23. The molecule has 0 atom stereocenters. The second-order valence-electron chi connectivity index (χ2n) is 3.91. The molecule has 0 aliphatic carbocycles. The van der Waals surface area contributed by atoms with Crippen molar-refractivity contribution in [3.8, 4) is 0 Å². The van der Waals surface area contributed by atoms with Gasteiger partial charge in [0, 0.05) is 31.2 Å². The van der Waals surface area contributed by atoms with Crippen molar-refractivity contribution in [3.05, 3.63) is 29.0 Å². The molecule has 8 heteroatoms. The average molecular weight is 294 g/mol. The molecule has 0 spiro atoms. The zero-order valence-corrected chi connectivity index (χ0v) is 11.1. The molecule has 5 nitrogen and oxygen atoms in total. The molecular formula is C10H13ClFN3O2S. The summed E-state index contributed by atoms with van der Waals surface area (Å²) in [4.78, 5) is 0. The number of benzene rings is 1. The van der Waals surface area contributed by atoms with Crippen molar-refractivity contribution in [2.75, 3.05) is 30.9 Å². The van der Waals surface area contributed by atoms with Crippen LogP contribution in [0.3, 0.4) is 0 Å². The molecule has 100 valence electrons. The lowest BCUT2D eigenvalue weighted by Gasteiger charge is -2.26. The predicted molar refractivity (Wildman–Crippen MR) is 68.4 cm³/mol. The maximum Gasteiger partial charge on any atom is 0.301 e. The van der Waals surface area contributed by atoms with E-state index in [-0.39, 0.29) is 10.7 Å². The number of halogens is 2. The van der Waals surface area contributed by atoms with Crippen LogP contribution in [-0.2, 0) is 10.2 Å². The molecule has 18 heavy (non-hydrogen) atoms. The Balaban J connectivity index is 2.16. The number of rotatable bonds is 3. The van der Waals surface area contributed by atoms with E-state index in [9.17, 15) is 12.8 Å². The van der Waals surface area contributed by atoms with Crippen LogP contribution in [0.25, 0.3) is 0 Å². The predicted octanol–water partition coefficient (Wildman–Crippen LogP) is 1.04. The van der Waals surface area contributed by atoms with Crippen molar-refractivity contribution in [2.45, 2.75) is 0 Å². The smallest absolute Gasteiger partial charge is 0.301 e. The molecule has 0 amide bonds. The summed E-state index contributed by atoms with van der Waals surface area (Å²) in [6, 6.07) is 3.57. The number of hydrogen-bond acceptors (Lipinski definition) is 3. The highest BCUT2D eigenvalue weighted by atomic mass is 35.5. The second-order valence-corrected chi connectivity index (χ2v) is 6.02. The van der Waals surface area contributed by atoms with Crippen molar-refractivity contribution < 1.29 is 12.8 Å². The lowest BCUT2D eigenvalue weighted by atomic mass is 10.3. The normalized spacial score (nSPS) is 17.7. The largest absolute Gasteiger partial charge is 0.314 e. The zero-order valence-electron chi connectivity index (χ0n) is 9.49. The summed E-state index contributed by atoms with van der Waals surface area (Å²) in [5.74, 6) is -0.583. The van der Waals surface area contributed by atoms with Gasteiger partial charge in [0.2, 0.25) is 0 Å². The highest BCUT2D eigenvalue weighted by molar-refractivity contribution is 7.90. The summed E-state index contributed by atoms with van der Waals surface area (Å²) in [6.07, 6.45) is 0. The molecule has 1 aromatic rings. The van der Waals surface area contributed by atoms with E-state index in [1.54, 1.807) is 0 Å². The first-order chi connectivity index (χ1) is 8.47. The van der Waals surface area contributed by atoms with Crippen molar-refractivity contribution in [3.63, 3.8) is 0 Å². The minimum atomic E-state index is -3.65. The van der Waals surface area contributed by atoms with E-state index >= 15 is 0 Å². The van der Waals surface area contributed by atoms with Crippen molar-refractivity contribution in [2.24, 2.45) is 0 Å². The average Bonchev–Trinajstić information content (AvgIpc) is 2.28. The summed E-state index contributed by atoms with van der Waals surface area (Å²) in [7, 11) is -3.65. The zero-order chi connectivity index (χ0) is 13.2. The molecule has 1 aliphatic heterocycles. The van der Waals surface area contributed by atoms with E-state index in [1.165, 1.54) is 10.4 Å². The van der Waals surface area contributed by atoms with Crippen LogP contribution in [0.1, 0.15) is 0 Å². The third kappa shape index (κ3) is 3.32. The van der Waals surface area contributed by atoms with Gasteiger partial charge in [-0.2, -0.15) is 12.7 Å². The fourth-order valence-corrected chi connectivity index (χ4v) is 3.14. The summed E-state index contributed by atoms with van der Waals surface area (Å²) < 4.78 is 40.7. The number of nitrogens with zero attached hydrogens (tertiary/aromatic N) is 1. The molecule has 1 aliphatic rings. The van der Waals surface area contributed by atoms with Gasteiger partial charge in [0.1, 0.15) is 5.82 Å². The molecule has 0 saturated carbocycles. The number of anilines is 1. The first kappa shape index (κ1) is 13.5. The van der Waals surface area contributed by atoms with Gasteiger partial charge in [-0.15, -0.1) is 0 Å². The summed E-state index contributed by atoms with van der Waals surface area (Å²) in [5, 5.41) is 3.20. The molecule has 1 heterocycles. The Morgan fingerprint density at radius 1 is 1.28 bits per heavy atom. The molecule has 1 saturated heterocycles. The molecular weight excluding hydrogens is 281 g/mol. The number of nitrogens with one attached hydrogen (secondary N) is 2. The van der Waals surface area contributed by atoms with E-state index in [0.29, 0.717) is 26.2 Å². The van der Waals surface area contributed by atoms with Gasteiger partial charge in [0.15, 0.2) is 0 Å². The van der Waals surface area contributed by atoms with Crippen LogP contribution in [0.4, 0.5) is 10.1 Å². The summed E-state index contributed by atoms with van der Waals surface area (Å²) >= 11 is 5.67. The molecule has 0 radical (unpaired) electrons. The Morgan fingerprint density at radius 3 is 2.56 bits per heavy atom. The molecule has 2 rings (SSSR count). The van der Waals surface area contributed by atoms with Gasteiger partial charge >= 0.3 is 10.2 Å². The van der Waals surface area contributed by atoms with E-state index in [2.05, 4.69) is 10.0 Å². The summed E-state index contributed by atoms with van der Waals surface area (Å²) in [5.41, 5.74) is 0.124. The molecule has 2 N–H and O–H groups in total. The van der Waals surface area contributed by atoms with Gasteiger partial charge < -0.3 is 5.32 Å². The van der Waals surface area contributed by atoms with Crippen molar-refractivity contribution in [1.82, 2.24) is 9.62 Å². The van der Waals surface area contributed by atoms with E-state index in [0.717, 1.165) is 12.1 Å². The van der Waals surface area contributed by atoms with Gasteiger partial charge in [0.25, 0.3) is 0 Å². The van der Waals surface area contributed by atoms with Crippen LogP contribution in [0, 0.1) is 5.82 Å². The fraction of sp³-hybridized carbons (Fsp3) is 0.400. The minimum absolute atomic E-state index is 0.124. The van der Waals surface area contributed by atoms with Crippen LogP contribution in [0.5, 0.6) is 0 Å². The quantitative estimate of drug-likeness (QED) is 0.875. The van der Waals surface area contributed by atoms with Crippen LogP contribution < -0.4 is 10.0 Å². The van der Waals surface area contributed by atoms with Crippen LogP contribution in [0.2, 0.25) is 5.02 Å². The Morgan fingerprint density at radius 2 is 1.94 bits per heavy atom. The molecule has 0 unspecified atom stereocenters. The highest BCUT2D eigenvalue weighted by Crippen LogP contribution is 2.20. The van der Waals surface area contributed by atoms with E-state index < -0.39 is 16.0 Å². The van der Waals surface area contributed by atoms with Gasteiger partial charge in [0.05, 0.1) is 5.69 Å². The monoisotopic (exact) mass is 293 g/mol. The molecule has 1 aromatic carbocycles. The Hall–Kier alpha value is -0.890. The van der Waals surface area contributed by atoms with Gasteiger partial charge in [-0.05, 0) is 18.2 Å². The molecule has 0 bridgehead atoms. The Kier molecular flexibility index (Phi) is 4.06. The van der Waals surface area contributed by atoms with Crippen molar-refractivity contribution in [1.29, 1.82) is 0 Å². The molecule has 1 fully saturated rings. The Labute approximate surface area is 110 Å². The third-order valence-corrected chi connectivity index (χ3v) is 4.28. The number of piperazine rings is 1. The lowest BCUT2D eigenvalue weighted by molar-refractivity contribution is 0.362. The van der Waals surface area contributed by atoms with Crippen molar-refractivity contribution >= 4 is 27.5 Å². The summed E-state index contributed by atoms with van der Waals surface area (Å²) in [6.45, 7) is 1.98. The Bertz CT molecular complexity index is 512. The third-order valence-electron chi connectivity index (χ3n) is 2.53. The maximum absolute atomic E-state index is 13.1. The van der Waals surface area contributed by atoms with Crippen LogP contribution in [-0.4, -0.2) is 38.9 Å². The maximum atomic E-state index is 13.1. The van der Waals surface area contributed by atoms with Crippen LogP contribution >= 0.6 is 11.6 Å². The van der Waals surface area contributed by atoms with E-state index in [4.69, 9.17) is 11.6 Å². The van der Waals surface area contributed by atoms with Gasteiger partial charge in [-0.25, -0.2) is 4.39 Å².